The smallest absolute Gasteiger partial charge is 0.306 e. The molecule has 5 nitrogen and oxygen atoms in total. The highest BCUT2D eigenvalue weighted by Gasteiger charge is 2.10. The maximum absolute atomic E-state index is 12.2. The van der Waals surface area contributed by atoms with Gasteiger partial charge in [0, 0.05) is 10.6 Å². The summed E-state index contributed by atoms with van der Waals surface area (Å²) in [4.78, 5) is 17.4. The van der Waals surface area contributed by atoms with Gasteiger partial charge in [0.15, 0.2) is 0 Å². The molecular weight excluding hydrogens is 328 g/mol. The number of rotatable bonds is 4. The van der Waals surface area contributed by atoms with E-state index in [1.54, 1.807) is 10.8 Å². The lowest BCUT2D eigenvalue weighted by molar-refractivity contribution is 0.250. The van der Waals surface area contributed by atoms with E-state index in [4.69, 9.17) is 0 Å². The summed E-state index contributed by atoms with van der Waals surface area (Å²) in [5.41, 5.74) is 1.76. The molecular formula is C16H14N4OS2. The Morgan fingerprint density at radius 2 is 1.78 bits per heavy atom. The van der Waals surface area contributed by atoms with Crippen LogP contribution < -0.4 is 5.32 Å². The molecule has 3 rings (SSSR count). The molecule has 0 spiro atoms. The van der Waals surface area contributed by atoms with Gasteiger partial charge in [-0.25, -0.2) is 9.78 Å². The third-order valence-corrected chi connectivity index (χ3v) is 5.18. The normalized spacial score (nSPS) is 10.5. The van der Waals surface area contributed by atoms with Crippen molar-refractivity contribution >= 4 is 33.3 Å². The van der Waals surface area contributed by atoms with Crippen LogP contribution in [-0.4, -0.2) is 20.8 Å². The van der Waals surface area contributed by atoms with Crippen molar-refractivity contribution in [3.05, 3.63) is 66.5 Å². The van der Waals surface area contributed by atoms with E-state index in [1.807, 2.05) is 61.5 Å². The number of anilines is 1. The second-order valence-electron chi connectivity index (χ2n) is 4.70. The van der Waals surface area contributed by atoms with Crippen LogP contribution >= 0.6 is 21.6 Å². The van der Waals surface area contributed by atoms with Crippen LogP contribution in [0.15, 0.2) is 71.0 Å². The molecule has 116 valence electrons. The number of nitrogens with zero attached hydrogens (tertiary/aromatic N) is 3. The van der Waals surface area contributed by atoms with Crippen LogP contribution in [0.5, 0.6) is 0 Å². The molecule has 1 aromatic heterocycles. The topological polar surface area (TPSA) is 59.8 Å². The predicted octanol–water partition coefficient (Wildman–Crippen LogP) is 4.47. The summed E-state index contributed by atoms with van der Waals surface area (Å²) in [5.74, 6) is 0. The highest BCUT2D eigenvalue weighted by Crippen LogP contribution is 2.34. The lowest BCUT2D eigenvalue weighted by atomic mass is 10.2. The Hall–Kier alpha value is -2.25. The number of aromatic nitrogens is 3. The fourth-order valence-electron chi connectivity index (χ4n) is 1.83. The summed E-state index contributed by atoms with van der Waals surface area (Å²) in [5, 5.41) is 7.55. The zero-order valence-corrected chi connectivity index (χ0v) is 14.0. The van der Waals surface area contributed by atoms with Gasteiger partial charge in [-0.05, 0) is 52.3 Å². The van der Waals surface area contributed by atoms with Gasteiger partial charge in [0.1, 0.15) is 6.33 Å². The van der Waals surface area contributed by atoms with E-state index in [1.165, 1.54) is 21.8 Å². The Kier molecular flexibility index (Phi) is 4.99. The van der Waals surface area contributed by atoms with Crippen molar-refractivity contribution in [2.75, 3.05) is 5.32 Å². The number of nitrogens with one attached hydrogen (secondary N) is 1. The average molecular weight is 342 g/mol. The molecule has 0 aliphatic heterocycles. The van der Waals surface area contributed by atoms with Gasteiger partial charge in [-0.15, -0.1) is 5.10 Å². The maximum atomic E-state index is 12.2. The number of benzene rings is 2. The Morgan fingerprint density at radius 1 is 1.04 bits per heavy atom. The highest BCUT2D eigenvalue weighted by molar-refractivity contribution is 8.76. The van der Waals surface area contributed by atoms with Crippen LogP contribution in [0.4, 0.5) is 10.5 Å². The number of amides is 1. The lowest BCUT2D eigenvalue weighted by Crippen LogP contribution is -2.20. The van der Waals surface area contributed by atoms with E-state index in [2.05, 4.69) is 15.4 Å². The minimum Gasteiger partial charge on any atom is -0.306 e. The van der Waals surface area contributed by atoms with Gasteiger partial charge in [0.25, 0.3) is 0 Å². The molecule has 0 aliphatic rings. The molecule has 23 heavy (non-hydrogen) atoms. The largest absolute Gasteiger partial charge is 0.348 e. The third-order valence-electron chi connectivity index (χ3n) is 3.02. The second kappa shape index (κ2) is 7.34. The first-order valence-electron chi connectivity index (χ1n) is 6.90. The molecule has 0 bridgehead atoms. The summed E-state index contributed by atoms with van der Waals surface area (Å²) >= 11 is 0. The van der Waals surface area contributed by atoms with Crippen molar-refractivity contribution < 1.29 is 4.79 Å². The van der Waals surface area contributed by atoms with Crippen LogP contribution in [0.2, 0.25) is 0 Å². The van der Waals surface area contributed by atoms with Crippen LogP contribution in [0, 0.1) is 6.92 Å². The number of hydrogen-bond acceptors (Lipinski definition) is 5. The summed E-state index contributed by atoms with van der Waals surface area (Å²) in [7, 11) is 2.97. The van der Waals surface area contributed by atoms with Crippen LogP contribution in [-0.2, 0) is 0 Å². The quantitative estimate of drug-likeness (QED) is 0.709. The van der Waals surface area contributed by atoms with Crippen molar-refractivity contribution in [1.29, 1.82) is 0 Å². The van der Waals surface area contributed by atoms with Gasteiger partial charge in [0.05, 0.1) is 0 Å². The van der Waals surface area contributed by atoms with Gasteiger partial charge < -0.3 is 5.32 Å². The number of carbonyl (C=O) groups excluding carboxylic acids is 1. The minimum absolute atomic E-state index is 0.330. The van der Waals surface area contributed by atoms with Crippen LogP contribution in [0.1, 0.15) is 5.56 Å². The van der Waals surface area contributed by atoms with Crippen LogP contribution in [0.3, 0.4) is 0 Å². The van der Waals surface area contributed by atoms with E-state index in [0.29, 0.717) is 5.16 Å². The molecule has 1 heterocycles. The summed E-state index contributed by atoms with van der Waals surface area (Å²) in [6.07, 6.45) is 1.42. The third kappa shape index (κ3) is 4.14. The first kappa shape index (κ1) is 15.6. The molecule has 0 saturated carbocycles. The van der Waals surface area contributed by atoms with Crippen molar-refractivity contribution in [3.8, 4) is 0 Å². The first-order valence-corrected chi connectivity index (χ1v) is 9.05. The average Bonchev–Trinajstić information content (AvgIpc) is 3.05. The Morgan fingerprint density at radius 3 is 2.57 bits per heavy atom. The zero-order valence-electron chi connectivity index (χ0n) is 12.3. The molecule has 0 fully saturated rings. The molecule has 3 aromatic rings. The van der Waals surface area contributed by atoms with Gasteiger partial charge in [0.2, 0.25) is 5.16 Å². The van der Waals surface area contributed by atoms with E-state index in [-0.39, 0.29) is 6.03 Å². The fraction of sp³-hybridized carbons (Fsp3) is 0.0625. The van der Waals surface area contributed by atoms with Crippen LogP contribution in [0.25, 0.3) is 0 Å². The predicted molar refractivity (Wildman–Crippen MR) is 93.8 cm³/mol. The Bertz CT molecular complexity index is 805. The van der Waals surface area contributed by atoms with Crippen molar-refractivity contribution in [2.24, 2.45) is 0 Å². The molecule has 0 atom stereocenters. The van der Waals surface area contributed by atoms with Crippen molar-refractivity contribution in [2.45, 2.75) is 17.0 Å². The minimum atomic E-state index is -0.330. The molecule has 0 aliphatic carbocycles. The number of hydrogen-bond donors (Lipinski definition) is 1. The fourth-order valence-corrected chi connectivity index (χ4v) is 3.56. The van der Waals surface area contributed by atoms with Gasteiger partial charge in [-0.1, -0.05) is 36.4 Å². The van der Waals surface area contributed by atoms with E-state index >= 15 is 0 Å². The monoisotopic (exact) mass is 342 g/mol. The lowest BCUT2D eigenvalue weighted by Gasteiger charge is -2.06. The molecule has 0 unspecified atom stereocenters. The number of carbonyl (C=O) groups is 1. The Balaban J connectivity index is 1.62. The molecule has 1 amide bonds. The summed E-state index contributed by atoms with van der Waals surface area (Å²) in [6.45, 7) is 1.94. The van der Waals surface area contributed by atoms with Gasteiger partial charge in [-0.2, -0.15) is 4.68 Å². The number of aryl methyl sites for hydroxylation is 1. The molecule has 0 saturated heterocycles. The van der Waals surface area contributed by atoms with Gasteiger partial charge in [-0.3, -0.25) is 0 Å². The van der Waals surface area contributed by atoms with Crippen molar-refractivity contribution in [3.63, 3.8) is 0 Å². The molecule has 1 N–H and O–H groups in total. The standard InChI is InChI=1S/C16H14N4OS2/c1-12-7-5-6-10-14(12)18-16(21)20-11-17-15(19-20)23-22-13-8-3-2-4-9-13/h2-11H,1H3,(H,18,21). The zero-order chi connectivity index (χ0) is 16.1. The molecule has 0 radical (unpaired) electrons. The van der Waals surface area contributed by atoms with E-state index in [9.17, 15) is 4.79 Å². The Labute approximate surface area is 141 Å². The van der Waals surface area contributed by atoms with E-state index < -0.39 is 0 Å². The first-order chi connectivity index (χ1) is 11.2. The summed E-state index contributed by atoms with van der Waals surface area (Å²) < 4.78 is 1.21. The van der Waals surface area contributed by atoms with Gasteiger partial charge >= 0.3 is 6.03 Å². The SMILES string of the molecule is Cc1ccccc1NC(=O)n1cnc(SSc2ccccc2)n1. The highest BCUT2D eigenvalue weighted by atomic mass is 33.1. The summed E-state index contributed by atoms with van der Waals surface area (Å²) in [6, 6.07) is 17.2. The van der Waals surface area contributed by atoms with E-state index in [0.717, 1.165) is 16.1 Å². The van der Waals surface area contributed by atoms with Crippen molar-refractivity contribution in [1.82, 2.24) is 14.8 Å². The second-order valence-corrected chi connectivity index (χ2v) is 6.87. The number of para-hydroxylation sites is 1. The maximum Gasteiger partial charge on any atom is 0.348 e. The molecule has 7 heteroatoms. The molecule has 2 aromatic carbocycles.